The van der Waals surface area contributed by atoms with Crippen LogP contribution in [0.3, 0.4) is 0 Å². The monoisotopic (exact) mass is 351 g/mol. The third-order valence-corrected chi connectivity index (χ3v) is 4.47. The lowest BCUT2D eigenvalue weighted by Gasteiger charge is -2.14. The van der Waals surface area contributed by atoms with Gasteiger partial charge in [0.25, 0.3) is 0 Å². The predicted octanol–water partition coefficient (Wildman–Crippen LogP) is 2.40. The number of ether oxygens (including phenoxy) is 2. The van der Waals surface area contributed by atoms with Crippen molar-refractivity contribution in [2.45, 2.75) is 18.7 Å². The molecule has 0 atom stereocenters. The lowest BCUT2D eigenvalue weighted by Crippen LogP contribution is -2.28. The van der Waals surface area contributed by atoms with Gasteiger partial charge in [0, 0.05) is 12.6 Å². The van der Waals surface area contributed by atoms with Gasteiger partial charge in [-0.3, -0.25) is 0 Å². The van der Waals surface area contributed by atoms with E-state index in [1.54, 1.807) is 6.07 Å². The highest BCUT2D eigenvalue weighted by Crippen LogP contribution is 2.35. The van der Waals surface area contributed by atoms with Gasteiger partial charge in [0.05, 0.1) is 18.7 Å². The van der Waals surface area contributed by atoms with Crippen LogP contribution in [-0.2, 0) is 10.0 Å². The standard InChI is InChI=1S/C12H18BrNO4S/c1-8(2)7-14-19(15,16)12-6-10(17-3)9(13)5-11(12)18-4/h5-6,8,14H,7H2,1-4H3. The summed E-state index contributed by atoms with van der Waals surface area (Å²) < 4.78 is 37.9. The summed E-state index contributed by atoms with van der Waals surface area (Å²) in [7, 11) is -0.720. The van der Waals surface area contributed by atoms with Crippen molar-refractivity contribution in [3.63, 3.8) is 0 Å². The lowest BCUT2D eigenvalue weighted by atomic mass is 10.2. The molecule has 0 aliphatic carbocycles. The Balaban J connectivity index is 3.24. The summed E-state index contributed by atoms with van der Waals surface area (Å²) in [5, 5.41) is 0. The molecule has 0 unspecified atom stereocenters. The van der Waals surface area contributed by atoms with E-state index in [4.69, 9.17) is 9.47 Å². The van der Waals surface area contributed by atoms with Crippen LogP contribution in [0.25, 0.3) is 0 Å². The molecule has 1 aromatic carbocycles. The second-order valence-corrected chi connectivity index (χ2v) is 6.97. The summed E-state index contributed by atoms with van der Waals surface area (Å²) in [4.78, 5) is 0.0655. The molecule has 0 saturated heterocycles. The molecule has 1 N–H and O–H groups in total. The van der Waals surface area contributed by atoms with E-state index in [0.29, 0.717) is 16.8 Å². The first-order valence-corrected chi connectivity index (χ1v) is 8.00. The molecule has 7 heteroatoms. The molecule has 0 aromatic heterocycles. The van der Waals surface area contributed by atoms with E-state index in [-0.39, 0.29) is 16.6 Å². The van der Waals surface area contributed by atoms with E-state index >= 15 is 0 Å². The van der Waals surface area contributed by atoms with E-state index in [1.807, 2.05) is 13.8 Å². The summed E-state index contributed by atoms with van der Waals surface area (Å²) >= 11 is 3.29. The molecule has 0 fully saturated rings. The maximum absolute atomic E-state index is 12.2. The zero-order chi connectivity index (χ0) is 14.6. The van der Waals surface area contributed by atoms with Crippen LogP contribution in [-0.4, -0.2) is 29.2 Å². The van der Waals surface area contributed by atoms with Gasteiger partial charge in [-0.2, -0.15) is 0 Å². The van der Waals surface area contributed by atoms with Gasteiger partial charge in [0.1, 0.15) is 16.4 Å². The Kier molecular flexibility index (Phi) is 5.64. The lowest BCUT2D eigenvalue weighted by molar-refractivity contribution is 0.390. The highest BCUT2D eigenvalue weighted by Gasteiger charge is 2.22. The van der Waals surface area contributed by atoms with Gasteiger partial charge in [-0.25, -0.2) is 13.1 Å². The average molecular weight is 352 g/mol. The second-order valence-electron chi connectivity index (χ2n) is 4.38. The fourth-order valence-corrected chi connectivity index (χ4v) is 3.26. The number of sulfonamides is 1. The number of nitrogens with one attached hydrogen (secondary N) is 1. The van der Waals surface area contributed by atoms with Crippen LogP contribution in [0.2, 0.25) is 0 Å². The first-order valence-electron chi connectivity index (χ1n) is 5.73. The molecule has 0 amide bonds. The van der Waals surface area contributed by atoms with Crippen molar-refractivity contribution in [3.05, 3.63) is 16.6 Å². The van der Waals surface area contributed by atoms with Crippen LogP contribution in [0, 0.1) is 5.92 Å². The van der Waals surface area contributed by atoms with Crippen LogP contribution in [0.15, 0.2) is 21.5 Å². The van der Waals surface area contributed by atoms with Crippen molar-refractivity contribution in [2.75, 3.05) is 20.8 Å². The van der Waals surface area contributed by atoms with Crippen LogP contribution in [0.5, 0.6) is 11.5 Å². The number of methoxy groups -OCH3 is 2. The van der Waals surface area contributed by atoms with Crippen molar-refractivity contribution >= 4 is 26.0 Å². The van der Waals surface area contributed by atoms with E-state index in [1.165, 1.54) is 20.3 Å². The van der Waals surface area contributed by atoms with Gasteiger partial charge < -0.3 is 9.47 Å². The Morgan fingerprint density at radius 1 is 1.21 bits per heavy atom. The molecule has 0 saturated carbocycles. The average Bonchev–Trinajstić information content (AvgIpc) is 2.35. The molecule has 0 bridgehead atoms. The Bertz CT molecular complexity index is 543. The van der Waals surface area contributed by atoms with E-state index in [9.17, 15) is 8.42 Å². The van der Waals surface area contributed by atoms with Crippen LogP contribution >= 0.6 is 15.9 Å². The second kappa shape index (κ2) is 6.58. The third-order valence-electron chi connectivity index (χ3n) is 2.41. The van der Waals surface area contributed by atoms with Gasteiger partial charge in [0.15, 0.2) is 0 Å². The zero-order valence-corrected chi connectivity index (χ0v) is 13.8. The summed E-state index contributed by atoms with van der Waals surface area (Å²) in [5.41, 5.74) is 0. The third kappa shape index (κ3) is 4.09. The molecule has 0 aliphatic heterocycles. The van der Waals surface area contributed by atoms with Crippen LogP contribution < -0.4 is 14.2 Å². The zero-order valence-electron chi connectivity index (χ0n) is 11.4. The fourth-order valence-electron chi connectivity index (χ4n) is 1.40. The highest BCUT2D eigenvalue weighted by molar-refractivity contribution is 9.10. The van der Waals surface area contributed by atoms with Crippen molar-refractivity contribution in [2.24, 2.45) is 5.92 Å². The molecular weight excluding hydrogens is 334 g/mol. The van der Waals surface area contributed by atoms with Crippen molar-refractivity contribution in [3.8, 4) is 11.5 Å². The van der Waals surface area contributed by atoms with Crippen LogP contribution in [0.4, 0.5) is 0 Å². The number of benzene rings is 1. The molecule has 1 rings (SSSR count). The Labute approximate surface area is 122 Å². The van der Waals surface area contributed by atoms with E-state index in [0.717, 1.165) is 0 Å². The maximum atomic E-state index is 12.2. The van der Waals surface area contributed by atoms with Gasteiger partial charge >= 0.3 is 0 Å². The minimum Gasteiger partial charge on any atom is -0.496 e. The van der Waals surface area contributed by atoms with Crippen LogP contribution in [0.1, 0.15) is 13.8 Å². The van der Waals surface area contributed by atoms with Gasteiger partial charge in [-0.15, -0.1) is 0 Å². The molecule has 0 spiro atoms. The number of rotatable bonds is 6. The van der Waals surface area contributed by atoms with Crippen molar-refractivity contribution < 1.29 is 17.9 Å². The molecule has 1 aromatic rings. The first-order chi connectivity index (χ1) is 8.81. The summed E-state index contributed by atoms with van der Waals surface area (Å²) in [5.74, 6) is 0.924. The minimum atomic E-state index is -3.62. The largest absolute Gasteiger partial charge is 0.496 e. The first kappa shape index (κ1) is 16.3. The number of hydrogen-bond acceptors (Lipinski definition) is 4. The van der Waals surface area contributed by atoms with E-state index < -0.39 is 10.0 Å². The molecule has 19 heavy (non-hydrogen) atoms. The quantitative estimate of drug-likeness (QED) is 0.854. The van der Waals surface area contributed by atoms with Crippen molar-refractivity contribution in [1.29, 1.82) is 0 Å². The Morgan fingerprint density at radius 2 is 1.79 bits per heavy atom. The summed E-state index contributed by atoms with van der Waals surface area (Å²) in [6.07, 6.45) is 0. The normalized spacial score (nSPS) is 11.7. The molecule has 5 nitrogen and oxygen atoms in total. The number of hydrogen-bond donors (Lipinski definition) is 1. The molecule has 0 heterocycles. The SMILES string of the molecule is COc1cc(S(=O)(=O)NCC(C)C)c(OC)cc1Br. The summed E-state index contributed by atoms with van der Waals surface area (Å²) in [6, 6.07) is 3.01. The molecular formula is C12H18BrNO4S. The van der Waals surface area contributed by atoms with Gasteiger partial charge in [-0.05, 0) is 27.9 Å². The molecule has 108 valence electrons. The van der Waals surface area contributed by atoms with Gasteiger partial charge in [0.2, 0.25) is 10.0 Å². The Morgan fingerprint density at radius 3 is 2.26 bits per heavy atom. The maximum Gasteiger partial charge on any atom is 0.244 e. The Hall–Kier alpha value is -0.790. The molecule has 0 aliphatic rings. The predicted molar refractivity (Wildman–Crippen MR) is 77.3 cm³/mol. The number of halogens is 1. The fraction of sp³-hybridized carbons (Fsp3) is 0.500. The topological polar surface area (TPSA) is 64.6 Å². The highest BCUT2D eigenvalue weighted by atomic mass is 79.9. The summed E-state index contributed by atoms with van der Waals surface area (Å²) in [6.45, 7) is 4.23. The van der Waals surface area contributed by atoms with Crippen molar-refractivity contribution in [1.82, 2.24) is 4.72 Å². The van der Waals surface area contributed by atoms with Gasteiger partial charge in [-0.1, -0.05) is 13.8 Å². The molecule has 0 radical (unpaired) electrons. The van der Waals surface area contributed by atoms with E-state index in [2.05, 4.69) is 20.7 Å². The smallest absolute Gasteiger partial charge is 0.244 e. The minimum absolute atomic E-state index is 0.0655.